The van der Waals surface area contributed by atoms with Gasteiger partial charge in [-0.15, -0.1) is 0 Å². The van der Waals surface area contributed by atoms with Crippen LogP contribution in [0.1, 0.15) is 38.9 Å². The van der Waals surface area contributed by atoms with Crippen molar-refractivity contribution in [2.24, 2.45) is 5.73 Å². The quantitative estimate of drug-likeness (QED) is 0.301. The van der Waals surface area contributed by atoms with Gasteiger partial charge in [0.25, 0.3) is 5.91 Å². The van der Waals surface area contributed by atoms with Crippen LogP contribution >= 0.6 is 0 Å². The van der Waals surface area contributed by atoms with Crippen molar-refractivity contribution < 1.29 is 28.2 Å². The number of ether oxygens (including phenoxy) is 2. The third kappa shape index (κ3) is 5.87. The minimum Gasteiger partial charge on any atom is -0.491 e. The Morgan fingerprint density at radius 1 is 1.14 bits per heavy atom. The molecule has 0 spiro atoms. The molecule has 0 saturated heterocycles. The lowest BCUT2D eigenvalue weighted by molar-refractivity contribution is 0.0944. The molecular weight excluding hydrogens is 482 g/mol. The van der Waals surface area contributed by atoms with Crippen molar-refractivity contribution in [2.45, 2.75) is 26.5 Å². The molecule has 4 rings (SSSR count). The Balaban J connectivity index is 1.52. The first-order valence-corrected chi connectivity index (χ1v) is 11.7. The number of aliphatic hydroxyl groups is 1. The SMILES string of the molecule is Cc1cc(OCc2c(F)cccc2F)c2nc(C)c(C(=O)NCC(N)c3cccc(OCCO)c3)n2c1. The number of fused-ring (bicyclic) bond motifs is 1. The fraction of sp³-hybridized carbons (Fsp3) is 0.259. The number of aromatic nitrogens is 2. The molecule has 10 heteroatoms. The largest absolute Gasteiger partial charge is 0.491 e. The van der Waals surface area contributed by atoms with Crippen LogP contribution in [0.5, 0.6) is 11.5 Å². The monoisotopic (exact) mass is 510 g/mol. The number of carbonyl (C=O) groups excluding carboxylic acids is 1. The number of hydrogen-bond acceptors (Lipinski definition) is 6. The first-order chi connectivity index (χ1) is 17.8. The van der Waals surface area contributed by atoms with Gasteiger partial charge in [-0.05, 0) is 55.3 Å². The van der Waals surface area contributed by atoms with Gasteiger partial charge in [-0.3, -0.25) is 9.20 Å². The number of halogens is 2. The van der Waals surface area contributed by atoms with E-state index in [2.05, 4.69) is 10.3 Å². The highest BCUT2D eigenvalue weighted by Crippen LogP contribution is 2.26. The number of pyridine rings is 1. The van der Waals surface area contributed by atoms with E-state index in [1.165, 1.54) is 18.2 Å². The summed E-state index contributed by atoms with van der Waals surface area (Å²) in [6, 6.07) is 11.9. The molecule has 0 bridgehead atoms. The summed E-state index contributed by atoms with van der Waals surface area (Å²) in [6.07, 6.45) is 1.74. The smallest absolute Gasteiger partial charge is 0.270 e. The molecule has 2 heterocycles. The van der Waals surface area contributed by atoms with E-state index in [9.17, 15) is 13.6 Å². The van der Waals surface area contributed by atoms with Crippen LogP contribution in [0, 0.1) is 25.5 Å². The molecule has 1 unspecified atom stereocenters. The highest BCUT2D eigenvalue weighted by molar-refractivity contribution is 5.95. The van der Waals surface area contributed by atoms with Crippen molar-refractivity contribution in [2.75, 3.05) is 19.8 Å². The van der Waals surface area contributed by atoms with Crippen molar-refractivity contribution in [3.05, 3.63) is 94.4 Å². The van der Waals surface area contributed by atoms with E-state index in [1.807, 2.05) is 13.0 Å². The molecule has 2 aromatic heterocycles. The summed E-state index contributed by atoms with van der Waals surface area (Å²) in [5.74, 6) is -0.926. The minimum atomic E-state index is -0.704. The van der Waals surface area contributed by atoms with E-state index in [0.29, 0.717) is 28.5 Å². The van der Waals surface area contributed by atoms with Crippen LogP contribution in [-0.4, -0.2) is 40.2 Å². The number of rotatable bonds is 10. The summed E-state index contributed by atoms with van der Waals surface area (Å²) >= 11 is 0. The molecule has 1 amide bonds. The molecule has 0 radical (unpaired) electrons. The second-order valence-corrected chi connectivity index (χ2v) is 8.57. The number of aliphatic hydroxyl groups excluding tert-OH is 1. The van der Waals surface area contributed by atoms with E-state index in [1.54, 1.807) is 41.8 Å². The number of hydrogen-bond donors (Lipinski definition) is 3. The lowest BCUT2D eigenvalue weighted by Crippen LogP contribution is -2.33. The normalized spacial score (nSPS) is 11.9. The number of nitrogens with two attached hydrogens (primary N) is 1. The predicted molar refractivity (Wildman–Crippen MR) is 134 cm³/mol. The molecule has 0 aliphatic carbocycles. The van der Waals surface area contributed by atoms with Gasteiger partial charge >= 0.3 is 0 Å². The first kappa shape index (κ1) is 26.1. The number of imidazole rings is 1. The Labute approximate surface area is 212 Å². The number of nitrogens with one attached hydrogen (secondary N) is 1. The summed E-state index contributed by atoms with van der Waals surface area (Å²) in [7, 11) is 0. The van der Waals surface area contributed by atoms with Crippen LogP contribution < -0.4 is 20.5 Å². The molecule has 0 fully saturated rings. The van der Waals surface area contributed by atoms with Crippen LogP contribution in [0.4, 0.5) is 8.78 Å². The van der Waals surface area contributed by atoms with Gasteiger partial charge in [-0.25, -0.2) is 13.8 Å². The molecule has 37 heavy (non-hydrogen) atoms. The summed E-state index contributed by atoms with van der Waals surface area (Å²) in [5, 5.41) is 11.8. The predicted octanol–water partition coefficient (Wildman–Crippen LogP) is 3.61. The van der Waals surface area contributed by atoms with Gasteiger partial charge in [-0.1, -0.05) is 18.2 Å². The van der Waals surface area contributed by atoms with Gasteiger partial charge in [0.05, 0.1) is 17.9 Å². The van der Waals surface area contributed by atoms with Crippen LogP contribution in [0.3, 0.4) is 0 Å². The Kier molecular flexibility index (Phi) is 8.00. The molecule has 4 aromatic rings. The molecule has 8 nitrogen and oxygen atoms in total. The van der Waals surface area contributed by atoms with Crippen LogP contribution in [0.25, 0.3) is 5.65 Å². The summed E-state index contributed by atoms with van der Waals surface area (Å²) in [4.78, 5) is 17.6. The van der Waals surface area contributed by atoms with E-state index in [4.69, 9.17) is 20.3 Å². The Morgan fingerprint density at radius 2 is 1.86 bits per heavy atom. The molecule has 4 N–H and O–H groups in total. The Morgan fingerprint density at radius 3 is 2.59 bits per heavy atom. The molecule has 194 valence electrons. The zero-order chi connectivity index (χ0) is 26.5. The van der Waals surface area contributed by atoms with Gasteiger partial charge in [0.2, 0.25) is 0 Å². The molecular formula is C27H28F2N4O4. The lowest BCUT2D eigenvalue weighted by Gasteiger charge is -2.15. The second-order valence-electron chi connectivity index (χ2n) is 8.57. The Hall–Kier alpha value is -4.02. The van der Waals surface area contributed by atoms with Gasteiger partial charge in [0.1, 0.15) is 36.3 Å². The molecule has 0 saturated carbocycles. The fourth-order valence-electron chi connectivity index (χ4n) is 3.96. The summed E-state index contributed by atoms with van der Waals surface area (Å²) < 4.78 is 40.9. The first-order valence-electron chi connectivity index (χ1n) is 11.7. The minimum absolute atomic E-state index is 0.0999. The summed E-state index contributed by atoms with van der Waals surface area (Å²) in [5.41, 5.74) is 8.73. The number of benzene rings is 2. The maximum Gasteiger partial charge on any atom is 0.270 e. The van der Waals surface area contributed by atoms with Crippen LogP contribution in [0.2, 0.25) is 0 Å². The van der Waals surface area contributed by atoms with Gasteiger partial charge < -0.3 is 25.6 Å². The topological polar surface area (TPSA) is 111 Å². The van der Waals surface area contributed by atoms with E-state index >= 15 is 0 Å². The lowest BCUT2D eigenvalue weighted by atomic mass is 10.1. The number of amides is 1. The van der Waals surface area contributed by atoms with Crippen LogP contribution in [-0.2, 0) is 6.61 Å². The highest BCUT2D eigenvalue weighted by Gasteiger charge is 2.21. The average Bonchev–Trinajstić information content (AvgIpc) is 3.21. The standard InChI is InChI=1S/C27H28F2N4O4/c1-16-11-24(37-15-20-21(28)7-4-8-22(20)29)26-32-17(2)25(33(26)14-16)27(35)31-13-23(30)18-5-3-6-19(12-18)36-10-9-34/h3-8,11-12,14,23,34H,9-10,13,15,30H2,1-2H3,(H,31,35). The molecule has 2 aromatic carbocycles. The van der Waals surface area contributed by atoms with Crippen molar-refractivity contribution in [1.29, 1.82) is 0 Å². The number of aryl methyl sites for hydroxylation is 2. The second kappa shape index (κ2) is 11.4. The maximum atomic E-state index is 14.0. The molecule has 0 aliphatic heterocycles. The van der Waals surface area contributed by atoms with Crippen LogP contribution in [0.15, 0.2) is 54.7 Å². The van der Waals surface area contributed by atoms with Gasteiger partial charge in [0, 0.05) is 18.8 Å². The third-order valence-corrected chi connectivity index (χ3v) is 5.77. The van der Waals surface area contributed by atoms with Crippen molar-refractivity contribution in [1.82, 2.24) is 14.7 Å². The number of carbonyl (C=O) groups is 1. The van der Waals surface area contributed by atoms with Crippen molar-refractivity contribution >= 4 is 11.6 Å². The van der Waals surface area contributed by atoms with E-state index < -0.39 is 17.7 Å². The highest BCUT2D eigenvalue weighted by atomic mass is 19.1. The maximum absolute atomic E-state index is 14.0. The Bertz CT molecular complexity index is 1400. The van der Waals surface area contributed by atoms with E-state index in [0.717, 1.165) is 11.1 Å². The third-order valence-electron chi connectivity index (χ3n) is 5.77. The van der Waals surface area contributed by atoms with E-state index in [-0.39, 0.29) is 37.8 Å². The van der Waals surface area contributed by atoms with Crippen molar-refractivity contribution in [3.63, 3.8) is 0 Å². The zero-order valence-corrected chi connectivity index (χ0v) is 20.5. The molecule has 0 aliphatic rings. The van der Waals surface area contributed by atoms with Gasteiger partial charge in [-0.2, -0.15) is 0 Å². The van der Waals surface area contributed by atoms with Gasteiger partial charge in [0.15, 0.2) is 11.4 Å². The average molecular weight is 511 g/mol. The zero-order valence-electron chi connectivity index (χ0n) is 20.5. The summed E-state index contributed by atoms with van der Waals surface area (Å²) in [6.45, 7) is 3.40. The fourth-order valence-corrected chi connectivity index (χ4v) is 3.96. The molecule has 1 atom stereocenters. The number of nitrogens with zero attached hydrogens (tertiary/aromatic N) is 2. The van der Waals surface area contributed by atoms with Crippen molar-refractivity contribution in [3.8, 4) is 11.5 Å².